The normalized spacial score (nSPS) is 11.0. The van der Waals surface area contributed by atoms with Gasteiger partial charge in [-0.05, 0) is 41.5 Å². The monoisotopic (exact) mass is 388 g/mol. The van der Waals surface area contributed by atoms with Gasteiger partial charge in [0.25, 0.3) is 11.6 Å². The molecule has 0 saturated carbocycles. The number of nitro groups is 1. The highest BCUT2D eigenvalue weighted by atomic mass is 16.6. The minimum absolute atomic E-state index is 0.0514. The fraction of sp³-hybridized carbons (Fsp3) is 0. The molecule has 144 valence electrons. The third kappa shape index (κ3) is 4.72. The van der Waals surface area contributed by atoms with Crippen molar-refractivity contribution in [1.82, 2.24) is 5.32 Å². The van der Waals surface area contributed by atoms with E-state index >= 15 is 0 Å². The SMILES string of the molecule is O=C(O)/C(=C\c1cccc(-c2ccccc2[N+](=O)[O-])c1)NC(=O)c1ccccc1. The van der Waals surface area contributed by atoms with Crippen LogP contribution in [0, 0.1) is 10.1 Å². The number of nitro benzene ring substituents is 1. The number of carboxylic acids is 1. The van der Waals surface area contributed by atoms with E-state index in [1.165, 1.54) is 12.1 Å². The maximum atomic E-state index is 12.3. The molecule has 0 unspecified atom stereocenters. The first-order valence-electron chi connectivity index (χ1n) is 8.61. The smallest absolute Gasteiger partial charge is 0.352 e. The van der Waals surface area contributed by atoms with E-state index in [1.54, 1.807) is 72.8 Å². The fourth-order valence-corrected chi connectivity index (χ4v) is 2.77. The van der Waals surface area contributed by atoms with Crippen molar-refractivity contribution in [3.05, 3.63) is 106 Å². The van der Waals surface area contributed by atoms with Crippen LogP contribution in [0.4, 0.5) is 5.69 Å². The molecule has 0 radical (unpaired) electrons. The van der Waals surface area contributed by atoms with Crippen molar-refractivity contribution in [1.29, 1.82) is 0 Å². The number of hydrogen-bond donors (Lipinski definition) is 2. The predicted octanol–water partition coefficient (Wildman–Crippen LogP) is 4.12. The summed E-state index contributed by atoms with van der Waals surface area (Å²) < 4.78 is 0. The number of rotatable bonds is 6. The zero-order valence-corrected chi connectivity index (χ0v) is 15.1. The van der Waals surface area contributed by atoms with Gasteiger partial charge < -0.3 is 10.4 Å². The van der Waals surface area contributed by atoms with Gasteiger partial charge in [0.05, 0.1) is 10.5 Å². The number of carboxylic acid groups (broad SMARTS) is 1. The number of nitrogens with one attached hydrogen (secondary N) is 1. The lowest BCUT2D eigenvalue weighted by atomic mass is 10.0. The molecule has 29 heavy (non-hydrogen) atoms. The number of aliphatic carboxylic acids is 1. The summed E-state index contributed by atoms with van der Waals surface area (Å²) in [6.45, 7) is 0. The summed E-state index contributed by atoms with van der Waals surface area (Å²) >= 11 is 0. The number of carbonyl (C=O) groups excluding carboxylic acids is 1. The Balaban J connectivity index is 1.94. The molecule has 0 saturated heterocycles. The summed E-state index contributed by atoms with van der Waals surface area (Å²) in [5, 5.41) is 23.1. The number of amides is 1. The summed E-state index contributed by atoms with van der Waals surface area (Å²) in [5.74, 6) is -1.85. The van der Waals surface area contributed by atoms with E-state index in [1.807, 2.05) is 0 Å². The Morgan fingerprint density at radius 2 is 1.62 bits per heavy atom. The minimum Gasteiger partial charge on any atom is -0.477 e. The Hall–Kier alpha value is -4.26. The van der Waals surface area contributed by atoms with Crippen molar-refractivity contribution in [3.8, 4) is 11.1 Å². The van der Waals surface area contributed by atoms with Crippen LogP contribution in [0.3, 0.4) is 0 Å². The molecule has 0 atom stereocenters. The zero-order valence-electron chi connectivity index (χ0n) is 15.1. The highest BCUT2D eigenvalue weighted by Crippen LogP contribution is 2.30. The molecule has 0 aliphatic heterocycles. The van der Waals surface area contributed by atoms with Crippen molar-refractivity contribution in [2.45, 2.75) is 0 Å². The van der Waals surface area contributed by atoms with Crippen LogP contribution in [0.15, 0.2) is 84.6 Å². The average Bonchev–Trinajstić information content (AvgIpc) is 2.74. The molecule has 0 bridgehead atoms. The lowest BCUT2D eigenvalue weighted by Crippen LogP contribution is -2.27. The van der Waals surface area contributed by atoms with Crippen LogP contribution in [0.25, 0.3) is 17.2 Å². The molecule has 0 heterocycles. The fourth-order valence-electron chi connectivity index (χ4n) is 2.77. The summed E-state index contributed by atoms with van der Waals surface area (Å²) in [6.07, 6.45) is 1.31. The van der Waals surface area contributed by atoms with Gasteiger partial charge in [-0.15, -0.1) is 0 Å². The van der Waals surface area contributed by atoms with E-state index in [-0.39, 0.29) is 11.4 Å². The van der Waals surface area contributed by atoms with Gasteiger partial charge in [-0.25, -0.2) is 4.79 Å². The standard InChI is InChI=1S/C22H16N2O5/c25-21(16-8-2-1-3-9-16)23-19(22(26)27)14-15-7-6-10-17(13-15)18-11-4-5-12-20(18)24(28)29/h1-14H,(H,23,25)(H,26,27)/b19-14+. The second-order valence-corrected chi connectivity index (χ2v) is 6.08. The van der Waals surface area contributed by atoms with E-state index in [0.29, 0.717) is 22.3 Å². The quantitative estimate of drug-likeness (QED) is 0.375. The van der Waals surface area contributed by atoms with Crippen LogP contribution < -0.4 is 5.32 Å². The van der Waals surface area contributed by atoms with E-state index in [4.69, 9.17) is 0 Å². The van der Waals surface area contributed by atoms with Crippen LogP contribution in [0.1, 0.15) is 15.9 Å². The Kier molecular flexibility index (Phi) is 5.80. The molecule has 0 aliphatic carbocycles. The van der Waals surface area contributed by atoms with E-state index in [9.17, 15) is 24.8 Å². The predicted molar refractivity (Wildman–Crippen MR) is 108 cm³/mol. The Morgan fingerprint density at radius 1 is 0.931 bits per heavy atom. The highest BCUT2D eigenvalue weighted by molar-refractivity contribution is 6.02. The van der Waals surface area contributed by atoms with Crippen LogP contribution in [-0.2, 0) is 4.79 Å². The van der Waals surface area contributed by atoms with Gasteiger partial charge in [0, 0.05) is 11.6 Å². The molecule has 3 aromatic carbocycles. The molecule has 0 aromatic heterocycles. The molecular formula is C22H16N2O5. The van der Waals surface area contributed by atoms with Gasteiger partial charge >= 0.3 is 5.97 Å². The molecule has 7 nitrogen and oxygen atoms in total. The Morgan fingerprint density at radius 3 is 2.31 bits per heavy atom. The molecule has 7 heteroatoms. The summed E-state index contributed by atoms with van der Waals surface area (Å²) in [6, 6.07) is 21.2. The second-order valence-electron chi connectivity index (χ2n) is 6.08. The summed E-state index contributed by atoms with van der Waals surface area (Å²) in [7, 11) is 0. The van der Waals surface area contributed by atoms with Gasteiger partial charge in [-0.1, -0.05) is 48.5 Å². The lowest BCUT2D eigenvalue weighted by molar-refractivity contribution is -0.384. The number of para-hydroxylation sites is 1. The van der Waals surface area contributed by atoms with Gasteiger partial charge in [0.2, 0.25) is 0 Å². The van der Waals surface area contributed by atoms with Crippen LogP contribution in [-0.4, -0.2) is 21.9 Å². The molecule has 3 aromatic rings. The number of carbonyl (C=O) groups is 2. The molecule has 0 fully saturated rings. The van der Waals surface area contributed by atoms with Crippen LogP contribution >= 0.6 is 0 Å². The number of nitrogens with zero attached hydrogens (tertiary/aromatic N) is 1. The van der Waals surface area contributed by atoms with Gasteiger partial charge in [0.1, 0.15) is 5.70 Å². The van der Waals surface area contributed by atoms with Gasteiger partial charge in [0.15, 0.2) is 0 Å². The van der Waals surface area contributed by atoms with Gasteiger partial charge in [-0.3, -0.25) is 14.9 Å². The third-order valence-corrected chi connectivity index (χ3v) is 4.12. The van der Waals surface area contributed by atoms with Crippen molar-refractivity contribution < 1.29 is 19.6 Å². The topological polar surface area (TPSA) is 110 Å². The largest absolute Gasteiger partial charge is 0.477 e. The first-order chi connectivity index (χ1) is 14.0. The van der Waals surface area contributed by atoms with Crippen LogP contribution in [0.5, 0.6) is 0 Å². The van der Waals surface area contributed by atoms with Crippen molar-refractivity contribution in [2.24, 2.45) is 0 Å². The molecule has 2 N–H and O–H groups in total. The van der Waals surface area contributed by atoms with Gasteiger partial charge in [-0.2, -0.15) is 0 Å². The molecule has 1 amide bonds. The maximum absolute atomic E-state index is 12.3. The zero-order chi connectivity index (χ0) is 20.8. The summed E-state index contributed by atoms with van der Waals surface area (Å²) in [4.78, 5) is 34.7. The number of hydrogen-bond acceptors (Lipinski definition) is 4. The number of benzene rings is 3. The Labute approximate surface area is 166 Å². The maximum Gasteiger partial charge on any atom is 0.352 e. The lowest BCUT2D eigenvalue weighted by Gasteiger charge is -2.08. The van der Waals surface area contributed by atoms with E-state index < -0.39 is 16.8 Å². The summed E-state index contributed by atoms with van der Waals surface area (Å²) in [5.41, 5.74) is 1.42. The highest BCUT2D eigenvalue weighted by Gasteiger charge is 2.16. The molecule has 0 spiro atoms. The Bertz CT molecular complexity index is 1110. The van der Waals surface area contributed by atoms with Crippen molar-refractivity contribution >= 4 is 23.6 Å². The van der Waals surface area contributed by atoms with Crippen molar-refractivity contribution in [2.75, 3.05) is 0 Å². The van der Waals surface area contributed by atoms with E-state index in [0.717, 1.165) is 0 Å². The minimum atomic E-state index is -1.30. The second kappa shape index (κ2) is 8.62. The first-order valence-corrected chi connectivity index (χ1v) is 8.61. The third-order valence-electron chi connectivity index (χ3n) is 4.12. The molecule has 3 rings (SSSR count). The van der Waals surface area contributed by atoms with Crippen LogP contribution in [0.2, 0.25) is 0 Å². The first kappa shape index (κ1) is 19.5. The average molecular weight is 388 g/mol. The molecule has 0 aliphatic rings. The molecular weight excluding hydrogens is 372 g/mol. The van der Waals surface area contributed by atoms with Crippen molar-refractivity contribution in [3.63, 3.8) is 0 Å². The van der Waals surface area contributed by atoms with E-state index in [2.05, 4.69) is 5.32 Å².